The number of carboxylic acids is 1. The first-order valence-electron chi connectivity index (χ1n) is 10.0. The zero-order valence-corrected chi connectivity index (χ0v) is 16.1. The van der Waals surface area contributed by atoms with Crippen LogP contribution in [0.5, 0.6) is 5.75 Å². The first-order valence-corrected chi connectivity index (χ1v) is 10.0. The molecule has 5 atom stereocenters. The summed E-state index contributed by atoms with van der Waals surface area (Å²) in [6.07, 6.45) is 4.55. The lowest BCUT2D eigenvalue weighted by Crippen LogP contribution is -2.24. The van der Waals surface area contributed by atoms with Crippen LogP contribution >= 0.6 is 0 Å². The van der Waals surface area contributed by atoms with Crippen molar-refractivity contribution in [1.29, 1.82) is 0 Å². The molecule has 1 fully saturated rings. The van der Waals surface area contributed by atoms with Gasteiger partial charge in [0.15, 0.2) is 0 Å². The number of ether oxygens (including phenoxy) is 1. The van der Waals surface area contributed by atoms with E-state index in [4.69, 9.17) is 9.84 Å². The normalized spacial score (nSPS) is 25.8. The highest BCUT2D eigenvalue weighted by atomic mass is 19.1. The maximum Gasteiger partial charge on any atom is 0.303 e. The van der Waals surface area contributed by atoms with Gasteiger partial charge < -0.3 is 20.1 Å². The predicted molar refractivity (Wildman–Crippen MR) is 105 cm³/mol. The van der Waals surface area contributed by atoms with Gasteiger partial charge in [-0.2, -0.15) is 0 Å². The van der Waals surface area contributed by atoms with Gasteiger partial charge in [0.25, 0.3) is 0 Å². The fraction of sp³-hybridized carbons (Fsp3) is 0.591. The number of halogens is 1. The number of aliphatic carboxylic acids is 1. The Kier molecular flexibility index (Phi) is 9.44. The van der Waals surface area contributed by atoms with Crippen LogP contribution in [0, 0.1) is 11.8 Å². The van der Waals surface area contributed by atoms with Crippen molar-refractivity contribution < 1.29 is 29.2 Å². The van der Waals surface area contributed by atoms with Gasteiger partial charge in [0.1, 0.15) is 18.5 Å². The number of carbonyl (C=O) groups is 1. The van der Waals surface area contributed by atoms with E-state index in [0.717, 1.165) is 0 Å². The molecule has 1 saturated carbocycles. The van der Waals surface area contributed by atoms with E-state index in [0.29, 0.717) is 37.9 Å². The Hall–Kier alpha value is -1.92. The van der Waals surface area contributed by atoms with Crippen LogP contribution in [-0.4, -0.2) is 46.3 Å². The number of carboxylic acid groups (broad SMARTS) is 1. The van der Waals surface area contributed by atoms with Crippen molar-refractivity contribution in [2.24, 2.45) is 11.8 Å². The van der Waals surface area contributed by atoms with E-state index in [1.165, 1.54) is 0 Å². The van der Waals surface area contributed by atoms with E-state index in [-0.39, 0.29) is 31.3 Å². The lowest BCUT2D eigenvalue weighted by Gasteiger charge is -2.24. The van der Waals surface area contributed by atoms with E-state index >= 15 is 0 Å². The number of aliphatic hydroxyl groups excluding tert-OH is 2. The van der Waals surface area contributed by atoms with Crippen LogP contribution in [0.2, 0.25) is 0 Å². The molecule has 0 bridgehead atoms. The minimum atomic E-state index is -1.12. The summed E-state index contributed by atoms with van der Waals surface area (Å²) in [5, 5.41) is 29.1. The minimum absolute atomic E-state index is 0.0215. The molecule has 6 heteroatoms. The molecule has 1 aliphatic carbocycles. The van der Waals surface area contributed by atoms with Gasteiger partial charge in [-0.3, -0.25) is 4.79 Å². The smallest absolute Gasteiger partial charge is 0.303 e. The molecule has 5 unspecified atom stereocenters. The highest BCUT2D eigenvalue weighted by Gasteiger charge is 2.40. The van der Waals surface area contributed by atoms with Gasteiger partial charge in [0, 0.05) is 6.42 Å². The van der Waals surface area contributed by atoms with Crippen molar-refractivity contribution in [2.75, 3.05) is 6.61 Å². The number of rotatable bonds is 12. The molecule has 28 heavy (non-hydrogen) atoms. The molecule has 1 aromatic rings. The highest BCUT2D eigenvalue weighted by molar-refractivity contribution is 5.66. The molecule has 1 aromatic carbocycles. The number of benzene rings is 1. The van der Waals surface area contributed by atoms with E-state index < -0.39 is 24.3 Å². The average molecular weight is 394 g/mol. The van der Waals surface area contributed by atoms with Crippen LogP contribution < -0.4 is 4.74 Å². The zero-order valence-electron chi connectivity index (χ0n) is 16.1. The van der Waals surface area contributed by atoms with Crippen LogP contribution in [0.1, 0.15) is 44.9 Å². The molecule has 156 valence electrons. The lowest BCUT2D eigenvalue weighted by molar-refractivity contribution is -0.136. The Bertz CT molecular complexity index is 606. The highest BCUT2D eigenvalue weighted by Crippen LogP contribution is 2.39. The fourth-order valence-electron chi connectivity index (χ4n) is 3.87. The molecule has 3 N–H and O–H groups in total. The minimum Gasteiger partial charge on any atom is -0.491 e. The number of hydrogen-bond acceptors (Lipinski definition) is 4. The van der Waals surface area contributed by atoms with Crippen LogP contribution in [0.15, 0.2) is 42.5 Å². The molecule has 0 spiro atoms. The number of aliphatic hydroxyl groups is 2. The summed E-state index contributed by atoms with van der Waals surface area (Å²) in [7, 11) is 0. The summed E-state index contributed by atoms with van der Waals surface area (Å²) in [6.45, 7) is -0.0215. The summed E-state index contributed by atoms with van der Waals surface area (Å²) in [6, 6.07) is 9.10. The summed E-state index contributed by atoms with van der Waals surface area (Å²) in [4.78, 5) is 10.5. The first kappa shape index (κ1) is 22.4. The molecule has 0 heterocycles. The van der Waals surface area contributed by atoms with E-state index in [1.807, 2.05) is 30.4 Å². The fourth-order valence-corrected chi connectivity index (χ4v) is 3.87. The van der Waals surface area contributed by atoms with Gasteiger partial charge in [-0.1, -0.05) is 30.4 Å². The van der Waals surface area contributed by atoms with Crippen molar-refractivity contribution in [2.45, 2.75) is 63.3 Å². The van der Waals surface area contributed by atoms with Crippen molar-refractivity contribution >= 4 is 5.97 Å². The van der Waals surface area contributed by atoms with Crippen LogP contribution in [0.3, 0.4) is 0 Å². The molecular formula is C22H31FO5. The van der Waals surface area contributed by atoms with E-state index in [1.54, 1.807) is 12.1 Å². The second-order valence-electron chi connectivity index (χ2n) is 7.48. The molecular weight excluding hydrogens is 363 g/mol. The Balaban J connectivity index is 1.73. The topological polar surface area (TPSA) is 87.0 Å². The molecule has 2 rings (SSSR count). The first-order chi connectivity index (χ1) is 13.5. The van der Waals surface area contributed by atoms with Gasteiger partial charge >= 0.3 is 5.97 Å². The Morgan fingerprint density at radius 2 is 1.75 bits per heavy atom. The van der Waals surface area contributed by atoms with Crippen molar-refractivity contribution in [3.63, 3.8) is 0 Å². The third-order valence-electron chi connectivity index (χ3n) is 5.37. The van der Waals surface area contributed by atoms with Gasteiger partial charge in [-0.15, -0.1) is 0 Å². The number of allylic oxidation sites excluding steroid dienone is 2. The Morgan fingerprint density at radius 3 is 2.43 bits per heavy atom. The second-order valence-corrected chi connectivity index (χ2v) is 7.48. The molecule has 5 nitrogen and oxygen atoms in total. The zero-order chi connectivity index (χ0) is 20.4. The molecule has 0 aromatic heterocycles. The van der Waals surface area contributed by atoms with Crippen molar-refractivity contribution in [3.05, 3.63) is 42.5 Å². The van der Waals surface area contributed by atoms with Gasteiger partial charge in [-0.05, 0) is 62.5 Å². The predicted octanol–water partition coefficient (Wildman–Crippen LogP) is 3.74. The van der Waals surface area contributed by atoms with Crippen LogP contribution in [-0.2, 0) is 4.79 Å². The van der Waals surface area contributed by atoms with Gasteiger partial charge in [-0.25, -0.2) is 4.39 Å². The van der Waals surface area contributed by atoms with E-state index in [9.17, 15) is 19.4 Å². The van der Waals surface area contributed by atoms with Crippen LogP contribution in [0.25, 0.3) is 0 Å². The largest absolute Gasteiger partial charge is 0.491 e. The third-order valence-corrected chi connectivity index (χ3v) is 5.37. The van der Waals surface area contributed by atoms with Gasteiger partial charge in [0.2, 0.25) is 0 Å². The molecule has 1 aliphatic rings. The SMILES string of the molecule is O=C(O)CC/C=C/CCC1C(O)CC(O)C1CCC(F)COc1ccccc1. The standard InChI is InChI=1S/C22H31FO5/c23-16(15-28-17-8-4-3-5-9-17)12-13-19-18(20(24)14-21(19)25)10-6-1-2-7-11-22(26)27/h1-5,8-9,16,18-21,24-25H,6-7,10-15H2,(H,26,27)/b2-1+. The number of para-hydroxylation sites is 1. The quantitative estimate of drug-likeness (QED) is 0.470. The third kappa shape index (κ3) is 7.60. The van der Waals surface area contributed by atoms with Crippen molar-refractivity contribution in [3.8, 4) is 5.75 Å². The Labute approximate surface area is 165 Å². The Morgan fingerprint density at radius 1 is 1.11 bits per heavy atom. The maximum absolute atomic E-state index is 14.2. The lowest BCUT2D eigenvalue weighted by atomic mass is 9.85. The molecule has 0 aliphatic heterocycles. The number of alkyl halides is 1. The molecule has 0 saturated heterocycles. The second kappa shape index (κ2) is 11.8. The van der Waals surface area contributed by atoms with Gasteiger partial charge in [0.05, 0.1) is 12.2 Å². The van der Waals surface area contributed by atoms with Crippen LogP contribution in [0.4, 0.5) is 4.39 Å². The summed E-state index contributed by atoms with van der Waals surface area (Å²) >= 11 is 0. The average Bonchev–Trinajstić information content (AvgIpc) is 2.94. The monoisotopic (exact) mass is 394 g/mol. The summed E-state index contributed by atoms with van der Waals surface area (Å²) in [5.74, 6) is -0.385. The number of hydrogen-bond donors (Lipinski definition) is 3. The van der Waals surface area contributed by atoms with Crippen molar-refractivity contribution in [1.82, 2.24) is 0 Å². The van der Waals surface area contributed by atoms with E-state index in [2.05, 4.69) is 0 Å². The molecule has 0 amide bonds. The molecule has 0 radical (unpaired) electrons. The summed E-state index contributed by atoms with van der Waals surface area (Å²) < 4.78 is 19.7. The maximum atomic E-state index is 14.2. The summed E-state index contributed by atoms with van der Waals surface area (Å²) in [5.41, 5.74) is 0.